The van der Waals surface area contributed by atoms with Crippen molar-refractivity contribution in [3.05, 3.63) is 54.1 Å². The second kappa shape index (κ2) is 9.26. The molecule has 1 saturated heterocycles. The van der Waals surface area contributed by atoms with Gasteiger partial charge in [0.25, 0.3) is 0 Å². The fourth-order valence-electron chi connectivity index (χ4n) is 3.45. The van der Waals surface area contributed by atoms with E-state index >= 15 is 0 Å². The number of anilines is 2. The molecule has 0 bridgehead atoms. The molecule has 11 heteroatoms. The number of alkyl halides is 3. The van der Waals surface area contributed by atoms with Gasteiger partial charge in [-0.15, -0.1) is 0 Å². The van der Waals surface area contributed by atoms with Crippen molar-refractivity contribution < 1.29 is 22.7 Å². The number of halogens is 3. The van der Waals surface area contributed by atoms with Crippen molar-refractivity contribution in [3.8, 4) is 22.7 Å². The summed E-state index contributed by atoms with van der Waals surface area (Å²) >= 11 is 1.78. The highest BCUT2D eigenvalue weighted by atomic mass is 32.2. The number of amides is 2. The quantitative estimate of drug-likeness (QED) is 0.568. The highest BCUT2D eigenvalue weighted by Crippen LogP contribution is 2.36. The van der Waals surface area contributed by atoms with E-state index in [0.717, 1.165) is 23.6 Å². The average Bonchev–Trinajstić information content (AvgIpc) is 3.15. The number of methoxy groups -OCH3 is 1. The van der Waals surface area contributed by atoms with E-state index in [1.807, 2.05) is 0 Å². The third-order valence-corrected chi connectivity index (χ3v) is 6.20. The Morgan fingerprint density at radius 3 is 2.30 bits per heavy atom. The summed E-state index contributed by atoms with van der Waals surface area (Å²) in [4.78, 5) is 14.6. The van der Waals surface area contributed by atoms with Crippen LogP contribution in [0.25, 0.3) is 16.9 Å². The smallest absolute Gasteiger partial charge is 0.416 e. The molecule has 0 unspecified atom stereocenters. The maximum absolute atomic E-state index is 13.0. The minimum Gasteiger partial charge on any atom is -0.497 e. The minimum absolute atomic E-state index is 0.111. The van der Waals surface area contributed by atoms with Crippen LogP contribution in [0, 0.1) is 0 Å². The molecule has 0 spiro atoms. The Bertz CT molecular complexity index is 1120. The first kappa shape index (κ1) is 22.8. The Labute approximate surface area is 192 Å². The normalized spacial score (nSPS) is 14.2. The van der Waals surface area contributed by atoms with Crippen molar-refractivity contribution in [1.82, 2.24) is 14.7 Å². The number of thioether (sulfide) groups is 1. The van der Waals surface area contributed by atoms with E-state index in [9.17, 15) is 18.0 Å². The summed E-state index contributed by atoms with van der Waals surface area (Å²) in [6.07, 6.45) is -4.45. The molecule has 0 aliphatic carbocycles. The van der Waals surface area contributed by atoms with Crippen LogP contribution in [0.4, 0.5) is 29.5 Å². The summed E-state index contributed by atoms with van der Waals surface area (Å²) in [5, 5.41) is 7.39. The standard InChI is InChI=1S/C22H22F3N5O2S/c1-32-17-8-2-14(3-9-17)18-19(27-21(31)29-10-12-33-13-11-29)20(26)30(28-18)16-6-4-15(5-7-16)22(23,24)25/h2-9H,10-13,26H2,1H3,(H,27,31). The Morgan fingerprint density at radius 1 is 1.09 bits per heavy atom. The fraction of sp³-hybridized carbons (Fsp3) is 0.273. The van der Waals surface area contributed by atoms with E-state index in [-0.39, 0.29) is 11.8 Å². The Morgan fingerprint density at radius 2 is 1.73 bits per heavy atom. The van der Waals surface area contributed by atoms with Crippen LogP contribution < -0.4 is 15.8 Å². The number of hydrogen-bond donors (Lipinski definition) is 2. The number of nitrogens with two attached hydrogens (primary N) is 1. The second-order valence-electron chi connectivity index (χ2n) is 7.32. The van der Waals surface area contributed by atoms with Crippen molar-refractivity contribution >= 4 is 29.3 Å². The van der Waals surface area contributed by atoms with Gasteiger partial charge >= 0.3 is 12.2 Å². The molecule has 0 atom stereocenters. The monoisotopic (exact) mass is 477 g/mol. The zero-order valence-electron chi connectivity index (χ0n) is 17.7. The zero-order valence-corrected chi connectivity index (χ0v) is 18.5. The topological polar surface area (TPSA) is 85.4 Å². The van der Waals surface area contributed by atoms with E-state index in [2.05, 4.69) is 10.4 Å². The van der Waals surface area contributed by atoms with Crippen LogP contribution >= 0.6 is 11.8 Å². The van der Waals surface area contributed by atoms with E-state index in [4.69, 9.17) is 10.5 Å². The zero-order chi connectivity index (χ0) is 23.6. The molecule has 1 fully saturated rings. The number of carbonyl (C=O) groups excluding carboxylic acids is 1. The number of nitrogens with zero attached hydrogens (tertiary/aromatic N) is 3. The molecule has 174 valence electrons. The number of nitrogens with one attached hydrogen (secondary N) is 1. The van der Waals surface area contributed by atoms with Crippen LogP contribution in [0.5, 0.6) is 5.75 Å². The molecule has 1 aromatic heterocycles. The number of nitrogen functional groups attached to an aromatic ring is 1. The molecule has 0 saturated carbocycles. The van der Waals surface area contributed by atoms with Crippen molar-refractivity contribution in [2.45, 2.75) is 6.18 Å². The lowest BCUT2D eigenvalue weighted by molar-refractivity contribution is -0.137. The van der Waals surface area contributed by atoms with Gasteiger partial charge in [0.05, 0.1) is 18.4 Å². The first-order valence-electron chi connectivity index (χ1n) is 10.1. The van der Waals surface area contributed by atoms with Crippen molar-refractivity contribution in [2.75, 3.05) is 42.8 Å². The van der Waals surface area contributed by atoms with Gasteiger partial charge in [-0.3, -0.25) is 0 Å². The summed E-state index contributed by atoms with van der Waals surface area (Å²) in [6, 6.07) is 11.2. The van der Waals surface area contributed by atoms with E-state index in [0.29, 0.717) is 41.5 Å². The molecule has 33 heavy (non-hydrogen) atoms. The highest BCUT2D eigenvalue weighted by molar-refractivity contribution is 7.99. The van der Waals surface area contributed by atoms with Gasteiger partial charge in [-0.25, -0.2) is 9.48 Å². The summed E-state index contributed by atoms with van der Waals surface area (Å²) in [6.45, 7) is 1.22. The number of benzene rings is 2. The number of carbonyl (C=O) groups is 1. The molecule has 4 rings (SSSR count). The third kappa shape index (κ3) is 4.87. The second-order valence-corrected chi connectivity index (χ2v) is 8.55. The number of aromatic nitrogens is 2. The SMILES string of the molecule is COc1ccc(-c2nn(-c3ccc(C(F)(F)F)cc3)c(N)c2NC(=O)N2CCSCC2)cc1. The van der Waals surface area contributed by atoms with Crippen LogP contribution in [0.3, 0.4) is 0 Å². The number of hydrogen-bond acceptors (Lipinski definition) is 5. The van der Waals surface area contributed by atoms with Gasteiger partial charge in [0.15, 0.2) is 5.82 Å². The Balaban J connectivity index is 1.74. The van der Waals surface area contributed by atoms with Gasteiger partial charge in [-0.05, 0) is 48.5 Å². The summed E-state index contributed by atoms with van der Waals surface area (Å²) in [5.74, 6) is 2.45. The largest absolute Gasteiger partial charge is 0.497 e. The predicted molar refractivity (Wildman–Crippen MR) is 123 cm³/mol. The van der Waals surface area contributed by atoms with Crippen molar-refractivity contribution in [1.29, 1.82) is 0 Å². The van der Waals surface area contributed by atoms with Crippen LogP contribution in [-0.4, -0.2) is 52.4 Å². The lowest BCUT2D eigenvalue weighted by Gasteiger charge is -2.26. The molecule has 2 heterocycles. The predicted octanol–water partition coefficient (Wildman–Crippen LogP) is 4.73. The van der Waals surface area contributed by atoms with Gasteiger partial charge in [-0.2, -0.15) is 30.0 Å². The summed E-state index contributed by atoms with van der Waals surface area (Å²) in [5.41, 5.74) is 7.27. The van der Waals surface area contributed by atoms with E-state index in [1.54, 1.807) is 48.0 Å². The molecule has 1 aliphatic heterocycles. The van der Waals surface area contributed by atoms with Gasteiger partial charge < -0.3 is 20.7 Å². The van der Waals surface area contributed by atoms with E-state index < -0.39 is 11.7 Å². The number of urea groups is 1. The van der Waals surface area contributed by atoms with Crippen LogP contribution in [0.1, 0.15) is 5.56 Å². The molecule has 0 radical (unpaired) electrons. The number of rotatable bonds is 4. The van der Waals surface area contributed by atoms with Crippen LogP contribution in [0.2, 0.25) is 0 Å². The maximum Gasteiger partial charge on any atom is 0.416 e. The minimum atomic E-state index is -4.45. The van der Waals surface area contributed by atoms with Crippen LogP contribution in [0.15, 0.2) is 48.5 Å². The first-order chi connectivity index (χ1) is 15.8. The van der Waals surface area contributed by atoms with E-state index in [1.165, 1.54) is 16.8 Å². The molecule has 2 amide bonds. The lowest BCUT2D eigenvalue weighted by atomic mass is 10.1. The highest BCUT2D eigenvalue weighted by Gasteiger charge is 2.30. The Kier molecular flexibility index (Phi) is 6.41. The Hall–Kier alpha value is -3.34. The summed E-state index contributed by atoms with van der Waals surface area (Å²) in [7, 11) is 1.55. The average molecular weight is 478 g/mol. The van der Waals surface area contributed by atoms with Gasteiger partial charge in [0.1, 0.15) is 17.1 Å². The molecule has 3 N–H and O–H groups in total. The molecule has 3 aromatic rings. The van der Waals surface area contributed by atoms with Gasteiger partial charge in [0, 0.05) is 30.2 Å². The lowest BCUT2D eigenvalue weighted by Crippen LogP contribution is -2.40. The maximum atomic E-state index is 13.0. The van der Waals surface area contributed by atoms with Crippen molar-refractivity contribution in [3.63, 3.8) is 0 Å². The first-order valence-corrected chi connectivity index (χ1v) is 11.3. The fourth-order valence-corrected chi connectivity index (χ4v) is 4.35. The molecule has 7 nitrogen and oxygen atoms in total. The summed E-state index contributed by atoms with van der Waals surface area (Å²) < 4.78 is 45.4. The third-order valence-electron chi connectivity index (χ3n) is 5.25. The number of ether oxygens (including phenoxy) is 1. The van der Waals surface area contributed by atoms with Gasteiger partial charge in [-0.1, -0.05) is 0 Å². The molecule has 1 aliphatic rings. The van der Waals surface area contributed by atoms with Crippen molar-refractivity contribution in [2.24, 2.45) is 0 Å². The molecule has 2 aromatic carbocycles. The van der Waals surface area contributed by atoms with Gasteiger partial charge in [0.2, 0.25) is 0 Å². The molecular weight excluding hydrogens is 455 g/mol. The van der Waals surface area contributed by atoms with Crippen LogP contribution in [-0.2, 0) is 6.18 Å². The molecular formula is C22H22F3N5O2S.